The van der Waals surface area contributed by atoms with Crippen molar-refractivity contribution in [2.45, 2.75) is 13.0 Å². The third-order valence-corrected chi connectivity index (χ3v) is 5.91. The first-order chi connectivity index (χ1) is 12.1. The van der Waals surface area contributed by atoms with Gasteiger partial charge in [-0.15, -0.1) is 11.3 Å². The van der Waals surface area contributed by atoms with Crippen LogP contribution in [0.2, 0.25) is 0 Å². The Labute approximate surface area is 151 Å². The van der Waals surface area contributed by atoms with Crippen LogP contribution >= 0.6 is 22.7 Å². The maximum Gasteiger partial charge on any atom is 0.409 e. The fraction of sp³-hybridized carbons (Fsp3) is 0.250. The van der Waals surface area contributed by atoms with Crippen LogP contribution < -0.4 is 5.32 Å². The van der Waals surface area contributed by atoms with E-state index in [-0.39, 0.29) is 12.0 Å². The highest BCUT2D eigenvalue weighted by atomic mass is 32.1. The molecule has 25 heavy (non-hydrogen) atoms. The molecule has 0 atom stereocenters. The number of hydrogen-bond acceptors (Lipinski definition) is 7. The molecule has 0 bridgehead atoms. The number of amides is 2. The maximum absolute atomic E-state index is 12.4. The lowest BCUT2D eigenvalue weighted by molar-refractivity contribution is 0.102. The zero-order valence-corrected chi connectivity index (χ0v) is 14.9. The highest BCUT2D eigenvalue weighted by molar-refractivity contribution is 7.20. The van der Waals surface area contributed by atoms with Crippen LogP contribution in [0.15, 0.2) is 24.3 Å². The maximum atomic E-state index is 12.4. The SMILES string of the molecule is COC(=O)N1CCc2nc(NC(=O)c3nc4ccccc4s3)sc2C1. The largest absolute Gasteiger partial charge is 0.453 e. The van der Waals surface area contributed by atoms with Gasteiger partial charge in [0.05, 0.1) is 29.6 Å². The van der Waals surface area contributed by atoms with E-state index in [1.54, 1.807) is 4.90 Å². The van der Waals surface area contributed by atoms with Gasteiger partial charge < -0.3 is 9.64 Å². The number of anilines is 1. The van der Waals surface area contributed by atoms with Gasteiger partial charge in [-0.1, -0.05) is 23.5 Å². The van der Waals surface area contributed by atoms with Crippen LogP contribution in [-0.2, 0) is 17.7 Å². The van der Waals surface area contributed by atoms with Crippen molar-refractivity contribution in [2.24, 2.45) is 0 Å². The van der Waals surface area contributed by atoms with Crippen molar-refractivity contribution in [3.63, 3.8) is 0 Å². The molecule has 0 fully saturated rings. The normalized spacial score (nSPS) is 13.6. The summed E-state index contributed by atoms with van der Waals surface area (Å²) in [5, 5.41) is 3.75. The van der Waals surface area contributed by atoms with Gasteiger partial charge in [0.15, 0.2) is 10.1 Å². The monoisotopic (exact) mass is 374 g/mol. The summed E-state index contributed by atoms with van der Waals surface area (Å²) in [4.78, 5) is 35.5. The van der Waals surface area contributed by atoms with E-state index in [0.717, 1.165) is 20.8 Å². The van der Waals surface area contributed by atoms with Crippen molar-refractivity contribution in [3.8, 4) is 0 Å². The first-order valence-electron chi connectivity index (χ1n) is 7.62. The van der Waals surface area contributed by atoms with E-state index in [0.29, 0.717) is 29.6 Å². The number of fused-ring (bicyclic) bond motifs is 2. The van der Waals surface area contributed by atoms with E-state index < -0.39 is 0 Å². The molecule has 0 spiro atoms. The number of nitrogens with one attached hydrogen (secondary N) is 1. The highest BCUT2D eigenvalue weighted by Gasteiger charge is 2.25. The molecular weight excluding hydrogens is 360 g/mol. The minimum Gasteiger partial charge on any atom is -0.453 e. The molecule has 4 rings (SSSR count). The lowest BCUT2D eigenvalue weighted by Crippen LogP contribution is -2.35. The van der Waals surface area contributed by atoms with Crippen molar-refractivity contribution in [1.29, 1.82) is 0 Å². The van der Waals surface area contributed by atoms with Crippen LogP contribution in [0.3, 0.4) is 0 Å². The summed E-state index contributed by atoms with van der Waals surface area (Å²) in [5.41, 5.74) is 1.73. The molecule has 9 heteroatoms. The van der Waals surface area contributed by atoms with E-state index >= 15 is 0 Å². The molecule has 3 aromatic rings. The van der Waals surface area contributed by atoms with E-state index in [4.69, 9.17) is 4.74 Å². The summed E-state index contributed by atoms with van der Waals surface area (Å²) in [6.07, 6.45) is 0.303. The number of para-hydroxylation sites is 1. The molecule has 0 saturated carbocycles. The molecule has 0 saturated heterocycles. The van der Waals surface area contributed by atoms with Crippen LogP contribution in [0.4, 0.5) is 9.93 Å². The number of nitrogens with zero attached hydrogens (tertiary/aromatic N) is 3. The average molecular weight is 374 g/mol. The number of thiazole rings is 2. The van der Waals surface area contributed by atoms with Crippen molar-refractivity contribution in [3.05, 3.63) is 39.8 Å². The molecule has 2 amide bonds. The Morgan fingerprint density at radius 2 is 2.08 bits per heavy atom. The fourth-order valence-corrected chi connectivity index (χ4v) is 4.53. The van der Waals surface area contributed by atoms with Crippen LogP contribution in [0.5, 0.6) is 0 Å². The Balaban J connectivity index is 1.51. The molecule has 2 aromatic heterocycles. The molecule has 0 unspecified atom stereocenters. The Hall–Kier alpha value is -2.52. The lowest BCUT2D eigenvalue weighted by atomic mass is 10.2. The minimum absolute atomic E-state index is 0.267. The number of aromatic nitrogens is 2. The zero-order chi connectivity index (χ0) is 17.4. The highest BCUT2D eigenvalue weighted by Crippen LogP contribution is 2.29. The molecule has 0 radical (unpaired) electrons. The van der Waals surface area contributed by atoms with Gasteiger partial charge in [-0.25, -0.2) is 14.8 Å². The third kappa shape index (κ3) is 3.08. The second-order valence-corrected chi connectivity index (χ2v) is 7.59. The quantitative estimate of drug-likeness (QED) is 0.745. The molecule has 0 aliphatic carbocycles. The molecule has 1 aliphatic heterocycles. The van der Waals surface area contributed by atoms with Crippen molar-refractivity contribution < 1.29 is 14.3 Å². The lowest BCUT2D eigenvalue weighted by Gasteiger charge is -2.24. The molecule has 128 valence electrons. The summed E-state index contributed by atoms with van der Waals surface area (Å²) in [6.45, 7) is 1.02. The predicted molar refractivity (Wildman–Crippen MR) is 96.2 cm³/mol. The van der Waals surface area contributed by atoms with Crippen molar-refractivity contribution in [2.75, 3.05) is 19.0 Å². The molecular formula is C16H14N4O3S2. The Morgan fingerprint density at radius 1 is 1.24 bits per heavy atom. The van der Waals surface area contributed by atoms with E-state index in [1.807, 2.05) is 24.3 Å². The Morgan fingerprint density at radius 3 is 2.88 bits per heavy atom. The molecule has 1 aliphatic rings. The van der Waals surface area contributed by atoms with Gasteiger partial charge >= 0.3 is 6.09 Å². The van der Waals surface area contributed by atoms with Gasteiger partial charge in [-0.05, 0) is 12.1 Å². The summed E-state index contributed by atoms with van der Waals surface area (Å²) < 4.78 is 5.73. The molecule has 3 heterocycles. The molecule has 1 aromatic carbocycles. The third-order valence-electron chi connectivity index (χ3n) is 3.87. The number of rotatable bonds is 2. The topological polar surface area (TPSA) is 84.4 Å². The first kappa shape index (κ1) is 16.0. The van der Waals surface area contributed by atoms with E-state index in [2.05, 4.69) is 15.3 Å². The van der Waals surface area contributed by atoms with Crippen LogP contribution in [0.1, 0.15) is 20.4 Å². The predicted octanol–water partition coefficient (Wildman–Crippen LogP) is 3.13. The molecule has 1 N–H and O–H groups in total. The number of hydrogen-bond donors (Lipinski definition) is 1. The van der Waals surface area contributed by atoms with Crippen molar-refractivity contribution >= 4 is 50.0 Å². The number of carbonyl (C=O) groups is 2. The van der Waals surface area contributed by atoms with Gasteiger partial charge in [0.2, 0.25) is 0 Å². The van der Waals surface area contributed by atoms with Gasteiger partial charge in [-0.3, -0.25) is 10.1 Å². The van der Waals surface area contributed by atoms with Crippen LogP contribution in [0.25, 0.3) is 10.2 Å². The summed E-state index contributed by atoms with van der Waals surface area (Å²) >= 11 is 2.73. The second-order valence-electron chi connectivity index (χ2n) is 5.47. The zero-order valence-electron chi connectivity index (χ0n) is 13.3. The van der Waals surface area contributed by atoms with Gasteiger partial charge in [0, 0.05) is 17.8 Å². The summed E-state index contributed by atoms with van der Waals surface area (Å²) in [6, 6.07) is 7.63. The summed E-state index contributed by atoms with van der Waals surface area (Å²) in [5.74, 6) is -0.267. The van der Waals surface area contributed by atoms with E-state index in [9.17, 15) is 9.59 Å². The smallest absolute Gasteiger partial charge is 0.409 e. The van der Waals surface area contributed by atoms with Gasteiger partial charge in [0.25, 0.3) is 5.91 Å². The average Bonchev–Trinajstić information content (AvgIpc) is 3.23. The number of carbonyl (C=O) groups excluding carboxylic acids is 2. The van der Waals surface area contributed by atoms with Crippen LogP contribution in [0, 0.1) is 0 Å². The summed E-state index contributed by atoms with van der Waals surface area (Å²) in [7, 11) is 1.37. The van der Waals surface area contributed by atoms with Gasteiger partial charge in [0.1, 0.15) is 0 Å². The standard InChI is InChI=1S/C16H14N4O3S2/c1-23-16(22)20-7-6-10-12(8-20)25-15(18-10)19-13(21)14-17-9-4-2-3-5-11(9)24-14/h2-5H,6-8H2,1H3,(H,18,19,21). The van der Waals surface area contributed by atoms with Crippen molar-refractivity contribution in [1.82, 2.24) is 14.9 Å². The Bertz CT molecular complexity index is 932. The number of ether oxygens (including phenoxy) is 1. The van der Waals surface area contributed by atoms with E-state index in [1.165, 1.54) is 29.8 Å². The van der Waals surface area contributed by atoms with Crippen LogP contribution in [-0.4, -0.2) is 40.5 Å². The second kappa shape index (κ2) is 6.41. The molecule has 7 nitrogen and oxygen atoms in total. The first-order valence-corrected chi connectivity index (χ1v) is 9.26. The number of methoxy groups -OCH3 is 1. The minimum atomic E-state index is -0.348. The Kier molecular flexibility index (Phi) is 4.10. The van der Waals surface area contributed by atoms with Gasteiger partial charge in [-0.2, -0.15) is 0 Å². The fourth-order valence-electron chi connectivity index (χ4n) is 2.65. The number of benzene rings is 1.